The molecule has 0 saturated heterocycles. The summed E-state index contributed by atoms with van der Waals surface area (Å²) >= 11 is 0. The van der Waals surface area contributed by atoms with Crippen LogP contribution in [0.5, 0.6) is 0 Å². The predicted octanol–water partition coefficient (Wildman–Crippen LogP) is 3.63. The van der Waals surface area contributed by atoms with Crippen LogP contribution in [0.1, 0.15) is 40.5 Å². The molecule has 2 rings (SSSR count). The van der Waals surface area contributed by atoms with E-state index in [0.717, 1.165) is 17.8 Å². The van der Waals surface area contributed by atoms with E-state index < -0.39 is 0 Å². The van der Waals surface area contributed by atoms with Gasteiger partial charge < -0.3 is 0 Å². The van der Waals surface area contributed by atoms with Gasteiger partial charge in [-0.2, -0.15) is 0 Å². The van der Waals surface area contributed by atoms with Crippen molar-refractivity contribution in [2.75, 3.05) is 0 Å². The zero-order chi connectivity index (χ0) is 8.93. The van der Waals surface area contributed by atoms with E-state index in [1.165, 1.54) is 12.8 Å². The van der Waals surface area contributed by atoms with Crippen LogP contribution in [-0.2, 0) is 0 Å². The first-order valence-corrected chi connectivity index (χ1v) is 5.38. The number of fused-ring (bicyclic) bond motifs is 1. The summed E-state index contributed by atoms with van der Waals surface area (Å²) in [6.07, 6.45) is 5.22. The van der Waals surface area contributed by atoms with Crippen molar-refractivity contribution in [1.82, 2.24) is 0 Å². The maximum Gasteiger partial charge on any atom is 0.00344 e. The number of rotatable bonds is 3. The quantitative estimate of drug-likeness (QED) is 0.559. The Kier molecular flexibility index (Phi) is 1.65. The molecule has 0 aromatic carbocycles. The Morgan fingerprint density at radius 1 is 1.42 bits per heavy atom. The second-order valence-corrected chi connectivity index (χ2v) is 4.61. The van der Waals surface area contributed by atoms with E-state index >= 15 is 0 Å². The van der Waals surface area contributed by atoms with E-state index in [4.69, 9.17) is 0 Å². The lowest BCUT2D eigenvalue weighted by Crippen LogP contribution is -2.24. The largest absolute Gasteiger partial charge is 0.0807 e. The normalized spacial score (nSPS) is 43.6. The third-order valence-electron chi connectivity index (χ3n) is 4.51. The summed E-state index contributed by atoms with van der Waals surface area (Å²) in [5, 5.41) is 0. The van der Waals surface area contributed by atoms with Crippen LogP contribution in [0, 0.1) is 23.2 Å². The first-order valence-electron chi connectivity index (χ1n) is 5.38. The highest BCUT2D eigenvalue weighted by molar-refractivity contribution is 5.43. The van der Waals surface area contributed by atoms with Crippen molar-refractivity contribution < 1.29 is 0 Å². The average Bonchev–Trinajstić information content (AvgIpc) is 2.54. The molecule has 0 heteroatoms. The SMILES string of the molecule is CCC(CC)C12C(C)=CC1C2C. The lowest BCUT2D eigenvalue weighted by molar-refractivity contribution is 0.285. The summed E-state index contributed by atoms with van der Waals surface area (Å²) in [5.41, 5.74) is 2.37. The molecule has 0 aromatic heterocycles. The number of hydrogen-bond acceptors (Lipinski definition) is 0. The van der Waals surface area contributed by atoms with Crippen LogP contribution in [0.15, 0.2) is 11.6 Å². The fraction of sp³-hybridized carbons (Fsp3) is 0.833. The van der Waals surface area contributed by atoms with Gasteiger partial charge in [0.25, 0.3) is 0 Å². The van der Waals surface area contributed by atoms with Crippen molar-refractivity contribution in [2.24, 2.45) is 23.2 Å². The monoisotopic (exact) mass is 164 g/mol. The van der Waals surface area contributed by atoms with Crippen LogP contribution in [-0.4, -0.2) is 0 Å². The average molecular weight is 164 g/mol. The standard InChI is InChI=1S/C12H20/c1-5-10(6-2)12-8(3)7-11(12)9(12)4/h7,9-11H,5-6H2,1-4H3. The second-order valence-electron chi connectivity index (χ2n) is 4.61. The Labute approximate surface area is 76.1 Å². The molecule has 68 valence electrons. The van der Waals surface area contributed by atoms with Gasteiger partial charge in [-0.15, -0.1) is 0 Å². The third kappa shape index (κ3) is 0.654. The highest BCUT2D eigenvalue weighted by Gasteiger charge is 2.69. The molecule has 0 aliphatic heterocycles. The number of hydrogen-bond donors (Lipinski definition) is 0. The molecule has 3 unspecified atom stereocenters. The highest BCUT2D eigenvalue weighted by atomic mass is 14.7. The first-order chi connectivity index (χ1) is 5.69. The van der Waals surface area contributed by atoms with Gasteiger partial charge in [0.05, 0.1) is 0 Å². The minimum Gasteiger partial charge on any atom is -0.0807 e. The van der Waals surface area contributed by atoms with E-state index in [0.29, 0.717) is 5.41 Å². The molecule has 1 fully saturated rings. The van der Waals surface area contributed by atoms with Gasteiger partial charge in [-0.25, -0.2) is 0 Å². The van der Waals surface area contributed by atoms with Gasteiger partial charge in [0.2, 0.25) is 0 Å². The van der Waals surface area contributed by atoms with Gasteiger partial charge in [0.1, 0.15) is 0 Å². The van der Waals surface area contributed by atoms with Crippen LogP contribution in [0.3, 0.4) is 0 Å². The van der Waals surface area contributed by atoms with Gasteiger partial charge in [-0.3, -0.25) is 0 Å². The van der Waals surface area contributed by atoms with Crippen molar-refractivity contribution in [3.63, 3.8) is 0 Å². The Morgan fingerprint density at radius 2 is 2.00 bits per heavy atom. The molecule has 2 aliphatic carbocycles. The molecule has 0 heterocycles. The minimum absolute atomic E-state index is 0.684. The van der Waals surface area contributed by atoms with E-state index in [9.17, 15) is 0 Å². The Morgan fingerprint density at radius 3 is 2.17 bits per heavy atom. The van der Waals surface area contributed by atoms with E-state index in [1.54, 1.807) is 5.57 Å². The second kappa shape index (κ2) is 2.37. The fourth-order valence-corrected chi connectivity index (χ4v) is 3.77. The van der Waals surface area contributed by atoms with E-state index in [1.807, 2.05) is 0 Å². The molecule has 0 spiro atoms. The molecule has 0 nitrogen and oxygen atoms in total. The Bertz CT molecular complexity index is 222. The molecular weight excluding hydrogens is 144 g/mol. The van der Waals surface area contributed by atoms with Crippen LogP contribution >= 0.6 is 0 Å². The van der Waals surface area contributed by atoms with Crippen LogP contribution < -0.4 is 0 Å². The maximum atomic E-state index is 2.49. The van der Waals surface area contributed by atoms with Crippen molar-refractivity contribution in [3.8, 4) is 0 Å². The molecule has 0 N–H and O–H groups in total. The third-order valence-corrected chi connectivity index (χ3v) is 4.51. The van der Waals surface area contributed by atoms with Crippen LogP contribution in [0.4, 0.5) is 0 Å². The summed E-state index contributed by atoms with van der Waals surface area (Å²) in [7, 11) is 0. The predicted molar refractivity (Wildman–Crippen MR) is 52.9 cm³/mol. The molecule has 0 aromatic rings. The van der Waals surface area contributed by atoms with Crippen molar-refractivity contribution in [2.45, 2.75) is 40.5 Å². The zero-order valence-corrected chi connectivity index (χ0v) is 8.72. The van der Waals surface area contributed by atoms with E-state index in [-0.39, 0.29) is 0 Å². The highest BCUT2D eigenvalue weighted by Crippen LogP contribution is 2.75. The number of allylic oxidation sites excluding steroid dienone is 2. The van der Waals surface area contributed by atoms with Gasteiger partial charge in [0, 0.05) is 5.41 Å². The van der Waals surface area contributed by atoms with Gasteiger partial charge in [-0.1, -0.05) is 45.3 Å². The molecule has 2 aliphatic rings. The zero-order valence-electron chi connectivity index (χ0n) is 8.72. The molecular formula is C12H20. The fourth-order valence-electron chi connectivity index (χ4n) is 3.77. The molecule has 1 saturated carbocycles. The molecule has 0 radical (unpaired) electrons. The molecule has 0 bridgehead atoms. The van der Waals surface area contributed by atoms with Crippen LogP contribution in [0.25, 0.3) is 0 Å². The van der Waals surface area contributed by atoms with Gasteiger partial charge in [-0.05, 0) is 24.7 Å². The lowest BCUT2D eigenvalue weighted by Gasteiger charge is -2.33. The maximum absolute atomic E-state index is 2.49. The van der Waals surface area contributed by atoms with Crippen LogP contribution in [0.2, 0.25) is 0 Å². The minimum atomic E-state index is 0.684. The summed E-state index contributed by atoms with van der Waals surface area (Å²) in [6, 6.07) is 0. The van der Waals surface area contributed by atoms with E-state index in [2.05, 4.69) is 33.8 Å². The summed E-state index contributed by atoms with van der Waals surface area (Å²) in [5.74, 6) is 2.88. The Balaban J connectivity index is 2.18. The molecule has 3 atom stereocenters. The summed E-state index contributed by atoms with van der Waals surface area (Å²) in [4.78, 5) is 0. The summed E-state index contributed by atoms with van der Waals surface area (Å²) < 4.78 is 0. The topological polar surface area (TPSA) is 0 Å². The first kappa shape index (κ1) is 8.34. The summed E-state index contributed by atoms with van der Waals surface area (Å²) in [6.45, 7) is 9.45. The van der Waals surface area contributed by atoms with Gasteiger partial charge >= 0.3 is 0 Å². The lowest BCUT2D eigenvalue weighted by atomic mass is 9.72. The van der Waals surface area contributed by atoms with Crippen molar-refractivity contribution >= 4 is 0 Å². The molecule has 12 heavy (non-hydrogen) atoms. The smallest absolute Gasteiger partial charge is 0.00344 e. The molecule has 0 amide bonds. The van der Waals surface area contributed by atoms with Crippen molar-refractivity contribution in [3.05, 3.63) is 11.6 Å². The Hall–Kier alpha value is -0.260. The van der Waals surface area contributed by atoms with Gasteiger partial charge in [0.15, 0.2) is 0 Å². The van der Waals surface area contributed by atoms with Crippen molar-refractivity contribution in [1.29, 1.82) is 0 Å².